The Labute approximate surface area is 142 Å². The van der Waals surface area contributed by atoms with Crippen molar-refractivity contribution in [3.05, 3.63) is 11.6 Å². The van der Waals surface area contributed by atoms with E-state index >= 15 is 0 Å². The second kappa shape index (κ2) is 5.35. The van der Waals surface area contributed by atoms with E-state index < -0.39 is 46.1 Å². The van der Waals surface area contributed by atoms with Crippen LogP contribution in [0.4, 0.5) is 13.2 Å². The minimum atomic E-state index is -5.01. The minimum absolute atomic E-state index is 0.290. The average molecular weight is 366 g/mol. The highest BCUT2D eigenvalue weighted by Gasteiger charge is 2.70. The molecular formula is C16H21F3O6. The van der Waals surface area contributed by atoms with Crippen LogP contribution in [0, 0.1) is 10.8 Å². The molecule has 1 N–H and O–H groups in total. The lowest BCUT2D eigenvalue weighted by molar-refractivity contribution is -0.483. The largest absolute Gasteiger partial charge is 0.417 e. The molecule has 0 saturated heterocycles. The number of carbonyl (C=O) groups excluding carboxylic acids is 2. The van der Waals surface area contributed by atoms with Gasteiger partial charge in [0.25, 0.3) is 0 Å². The van der Waals surface area contributed by atoms with Crippen LogP contribution in [0.1, 0.15) is 34.6 Å². The van der Waals surface area contributed by atoms with Crippen LogP contribution in [-0.2, 0) is 24.1 Å². The summed E-state index contributed by atoms with van der Waals surface area (Å²) in [6, 6.07) is 0. The summed E-state index contributed by atoms with van der Waals surface area (Å²) in [5.74, 6) is -3.27. The van der Waals surface area contributed by atoms with Gasteiger partial charge in [-0.2, -0.15) is 18.1 Å². The predicted molar refractivity (Wildman–Crippen MR) is 78.0 cm³/mol. The highest BCUT2D eigenvalue weighted by molar-refractivity contribution is 6.19. The molecule has 1 heterocycles. The Kier molecular flexibility index (Phi) is 4.29. The maximum atomic E-state index is 13.0. The van der Waals surface area contributed by atoms with Crippen molar-refractivity contribution in [3.8, 4) is 0 Å². The van der Waals surface area contributed by atoms with Gasteiger partial charge >= 0.3 is 6.18 Å². The zero-order valence-electron chi connectivity index (χ0n) is 14.8. The number of Topliss-reactive ketones (excluding diaryl/α,β-unsaturated/α-hetero) is 2. The lowest BCUT2D eigenvalue weighted by atomic mass is 9.57. The summed E-state index contributed by atoms with van der Waals surface area (Å²) >= 11 is 0. The van der Waals surface area contributed by atoms with Crippen molar-refractivity contribution >= 4 is 11.6 Å². The summed E-state index contributed by atoms with van der Waals surface area (Å²) < 4.78 is 44.1. The second-order valence-electron chi connectivity index (χ2n) is 7.58. The Morgan fingerprint density at radius 1 is 1.12 bits per heavy atom. The Bertz CT molecular complexity index is 651. The van der Waals surface area contributed by atoms with Gasteiger partial charge in [0.1, 0.15) is 0 Å². The van der Waals surface area contributed by atoms with E-state index in [1.54, 1.807) is 0 Å². The summed E-state index contributed by atoms with van der Waals surface area (Å²) in [5.41, 5.74) is -5.60. The van der Waals surface area contributed by atoms with Gasteiger partial charge in [0.15, 0.2) is 23.3 Å². The number of ether oxygens (including phenoxy) is 1. The van der Waals surface area contributed by atoms with Gasteiger partial charge in [-0.15, -0.1) is 0 Å². The van der Waals surface area contributed by atoms with Crippen LogP contribution in [0.5, 0.6) is 0 Å². The fourth-order valence-corrected chi connectivity index (χ4v) is 3.47. The van der Waals surface area contributed by atoms with Gasteiger partial charge in [0.05, 0.1) is 16.4 Å². The molecule has 2 rings (SSSR count). The third-order valence-electron chi connectivity index (χ3n) is 5.03. The van der Waals surface area contributed by atoms with Crippen LogP contribution >= 0.6 is 0 Å². The molecule has 1 fully saturated rings. The van der Waals surface area contributed by atoms with Gasteiger partial charge in [-0.25, -0.2) is 4.89 Å². The smallest absolute Gasteiger partial charge is 0.381 e. The number of aliphatic hydroxyl groups excluding tert-OH is 1. The molecule has 142 valence electrons. The first kappa shape index (κ1) is 20.0. The third-order valence-corrected chi connectivity index (χ3v) is 5.03. The van der Waals surface area contributed by atoms with Crippen molar-refractivity contribution in [1.29, 1.82) is 0 Å². The molecule has 1 saturated carbocycles. The summed E-state index contributed by atoms with van der Waals surface area (Å²) in [6.45, 7) is 6.60. The molecule has 0 amide bonds. The quantitative estimate of drug-likeness (QED) is 0.595. The molecule has 0 bridgehead atoms. The van der Waals surface area contributed by atoms with E-state index in [-0.39, 0.29) is 5.57 Å². The molecule has 25 heavy (non-hydrogen) atoms. The molecule has 0 unspecified atom stereocenters. The average Bonchev–Trinajstić information content (AvgIpc) is 2.50. The van der Waals surface area contributed by atoms with Crippen molar-refractivity contribution in [3.63, 3.8) is 0 Å². The Balaban J connectivity index is 2.72. The molecule has 1 aliphatic heterocycles. The van der Waals surface area contributed by atoms with Gasteiger partial charge in [-0.1, -0.05) is 0 Å². The summed E-state index contributed by atoms with van der Waals surface area (Å²) in [7, 11) is 1.15. The molecular weight excluding hydrogens is 345 g/mol. The predicted octanol–water partition coefficient (Wildman–Crippen LogP) is 2.10. The molecule has 0 aromatic carbocycles. The van der Waals surface area contributed by atoms with Crippen LogP contribution in [0.3, 0.4) is 0 Å². The van der Waals surface area contributed by atoms with E-state index in [0.29, 0.717) is 0 Å². The van der Waals surface area contributed by atoms with Crippen molar-refractivity contribution < 1.29 is 42.4 Å². The summed E-state index contributed by atoms with van der Waals surface area (Å²) in [6.07, 6.45) is -7.11. The zero-order valence-corrected chi connectivity index (χ0v) is 14.8. The first-order chi connectivity index (χ1) is 11.1. The number of halogens is 3. The van der Waals surface area contributed by atoms with Crippen molar-refractivity contribution in [2.24, 2.45) is 10.8 Å². The zero-order chi connectivity index (χ0) is 19.6. The summed E-state index contributed by atoms with van der Waals surface area (Å²) in [5, 5.41) is 9.62. The lowest BCUT2D eigenvalue weighted by Gasteiger charge is -2.54. The van der Waals surface area contributed by atoms with Gasteiger partial charge in [0.2, 0.25) is 5.79 Å². The lowest BCUT2D eigenvalue weighted by Crippen LogP contribution is -2.68. The number of aliphatic hydroxyl groups is 1. The molecule has 0 aromatic rings. The second-order valence-corrected chi connectivity index (χ2v) is 7.58. The molecule has 9 heteroatoms. The number of rotatable bonds is 2. The van der Waals surface area contributed by atoms with E-state index in [1.807, 2.05) is 0 Å². The number of hydrogen-bond donors (Lipinski definition) is 1. The molecule has 0 radical (unpaired) electrons. The first-order valence-electron chi connectivity index (χ1n) is 7.58. The van der Waals surface area contributed by atoms with E-state index in [9.17, 15) is 27.9 Å². The van der Waals surface area contributed by atoms with E-state index in [2.05, 4.69) is 0 Å². The Morgan fingerprint density at radius 2 is 1.64 bits per heavy atom. The topological polar surface area (TPSA) is 82.1 Å². The van der Waals surface area contributed by atoms with E-state index in [4.69, 9.17) is 14.5 Å². The third kappa shape index (κ3) is 2.48. The number of fused-ring (bicyclic) bond motifs is 1. The van der Waals surface area contributed by atoms with E-state index in [0.717, 1.165) is 20.1 Å². The number of carbonyl (C=O) groups is 2. The normalized spacial score (nSPS) is 35.8. The molecule has 1 aliphatic carbocycles. The molecule has 3 atom stereocenters. The van der Waals surface area contributed by atoms with Crippen LogP contribution in [0.15, 0.2) is 11.6 Å². The van der Waals surface area contributed by atoms with Gasteiger partial charge in [0, 0.05) is 7.11 Å². The highest BCUT2D eigenvalue weighted by Crippen LogP contribution is 2.55. The van der Waals surface area contributed by atoms with Gasteiger partial charge in [-0.05, 0) is 40.7 Å². The van der Waals surface area contributed by atoms with Crippen LogP contribution in [0.25, 0.3) is 0 Å². The number of hydrogen-bond acceptors (Lipinski definition) is 6. The Morgan fingerprint density at radius 3 is 2.08 bits per heavy atom. The monoisotopic (exact) mass is 366 g/mol. The number of alkyl halides is 3. The minimum Gasteiger partial charge on any atom is -0.381 e. The maximum absolute atomic E-state index is 13.0. The fraction of sp³-hybridized carbons (Fsp3) is 0.750. The maximum Gasteiger partial charge on any atom is 0.417 e. The van der Waals surface area contributed by atoms with Crippen molar-refractivity contribution in [2.75, 3.05) is 7.11 Å². The molecule has 0 spiro atoms. The number of methoxy groups -OCH3 is 1. The van der Waals surface area contributed by atoms with Crippen molar-refractivity contribution in [1.82, 2.24) is 0 Å². The van der Waals surface area contributed by atoms with Gasteiger partial charge in [-0.3, -0.25) is 9.59 Å². The van der Waals surface area contributed by atoms with Gasteiger partial charge < -0.3 is 9.84 Å². The SMILES string of the molecule is CO[C@]12OO[C@@](C)([C@H](O)C(F)(F)F)C=C1C(=O)C(C)(C)C(=O)C2(C)C. The van der Waals surface area contributed by atoms with E-state index in [1.165, 1.54) is 27.7 Å². The fourth-order valence-electron chi connectivity index (χ4n) is 3.47. The van der Waals surface area contributed by atoms with Crippen LogP contribution < -0.4 is 0 Å². The Hall–Kier alpha value is -1.29. The molecule has 6 nitrogen and oxygen atoms in total. The van der Waals surface area contributed by atoms with Crippen molar-refractivity contribution in [2.45, 2.75) is 58.3 Å². The first-order valence-corrected chi connectivity index (χ1v) is 7.58. The number of ketones is 2. The molecule has 0 aromatic heterocycles. The standard InChI is InChI=1S/C16H21F3O6/c1-12(2)9(20)8-7-14(5,11(22)16(17,18)19)24-25-15(8,23-6)13(3,4)10(12)21/h7,11,22H,1-6H3/t11-,14+,15-/m0/s1. The molecule has 2 aliphatic rings. The highest BCUT2D eigenvalue weighted by atomic mass is 19.4. The summed E-state index contributed by atoms with van der Waals surface area (Å²) in [4.78, 5) is 35.5. The van der Waals surface area contributed by atoms with Crippen LogP contribution in [0.2, 0.25) is 0 Å². The van der Waals surface area contributed by atoms with Crippen LogP contribution in [-0.4, -0.2) is 47.5 Å².